The number of aromatic nitrogens is 2. The van der Waals surface area contributed by atoms with E-state index < -0.39 is 10.0 Å². The standard InChI is InChI=1S/C29H33FN4O3S/c1-29(2,3)33-28(35)11-7-10-27-32-25-18-24(38(36,37)31-19-21-12-14-23(30)15-13-21)16-17-26(25)34(27)20-22-8-5-4-6-9-22/h4-6,8-9,12-18,31H,7,10-11,19-20H2,1-3H3,(H,33,35). The molecule has 200 valence electrons. The minimum atomic E-state index is -3.81. The van der Waals surface area contributed by atoms with Gasteiger partial charge in [0.25, 0.3) is 0 Å². The number of halogens is 1. The monoisotopic (exact) mass is 536 g/mol. The SMILES string of the molecule is CC(C)(C)NC(=O)CCCc1nc2cc(S(=O)(=O)NCc3ccc(F)cc3)ccc2n1Cc1ccccc1. The molecule has 0 saturated heterocycles. The third kappa shape index (κ3) is 7.26. The molecule has 0 fully saturated rings. The zero-order valence-electron chi connectivity index (χ0n) is 21.9. The highest BCUT2D eigenvalue weighted by molar-refractivity contribution is 7.89. The lowest BCUT2D eigenvalue weighted by molar-refractivity contribution is -0.122. The Hall–Kier alpha value is -3.56. The van der Waals surface area contributed by atoms with Crippen molar-refractivity contribution in [2.45, 2.75) is 63.6 Å². The molecule has 0 atom stereocenters. The fourth-order valence-electron chi connectivity index (χ4n) is 4.21. The molecule has 38 heavy (non-hydrogen) atoms. The summed E-state index contributed by atoms with van der Waals surface area (Å²) in [6.07, 6.45) is 1.56. The van der Waals surface area contributed by atoms with Crippen LogP contribution in [0.4, 0.5) is 4.39 Å². The van der Waals surface area contributed by atoms with Crippen molar-refractivity contribution in [1.29, 1.82) is 0 Å². The molecule has 9 heteroatoms. The summed E-state index contributed by atoms with van der Waals surface area (Å²) in [5, 5.41) is 2.98. The van der Waals surface area contributed by atoms with Crippen LogP contribution in [0.3, 0.4) is 0 Å². The molecule has 0 bridgehead atoms. The Balaban J connectivity index is 1.57. The van der Waals surface area contributed by atoms with Crippen molar-refractivity contribution in [1.82, 2.24) is 19.6 Å². The fourth-order valence-corrected chi connectivity index (χ4v) is 5.25. The maximum Gasteiger partial charge on any atom is 0.240 e. The molecule has 0 aliphatic carbocycles. The van der Waals surface area contributed by atoms with E-state index in [2.05, 4.69) is 14.6 Å². The van der Waals surface area contributed by atoms with Gasteiger partial charge in [0.1, 0.15) is 11.6 Å². The lowest BCUT2D eigenvalue weighted by Gasteiger charge is -2.20. The molecule has 2 N–H and O–H groups in total. The Kier molecular flexibility index (Phi) is 8.28. The Labute approximate surface area is 223 Å². The van der Waals surface area contributed by atoms with E-state index >= 15 is 0 Å². The molecule has 7 nitrogen and oxygen atoms in total. The normalized spacial score (nSPS) is 12.1. The van der Waals surface area contributed by atoms with Crippen molar-refractivity contribution in [2.75, 3.05) is 0 Å². The maximum atomic E-state index is 13.2. The van der Waals surface area contributed by atoms with Gasteiger partial charge in [0, 0.05) is 31.5 Å². The number of nitrogens with zero attached hydrogens (tertiary/aromatic N) is 2. The number of carbonyl (C=O) groups excluding carboxylic acids is 1. The second kappa shape index (κ2) is 11.4. The smallest absolute Gasteiger partial charge is 0.240 e. The lowest BCUT2D eigenvalue weighted by Crippen LogP contribution is -2.40. The molecule has 0 aliphatic heterocycles. The van der Waals surface area contributed by atoms with Gasteiger partial charge < -0.3 is 9.88 Å². The number of aryl methyl sites for hydroxylation is 1. The molecule has 1 amide bonds. The second-order valence-corrected chi connectivity index (χ2v) is 12.1. The summed E-state index contributed by atoms with van der Waals surface area (Å²) >= 11 is 0. The first kappa shape index (κ1) is 27.5. The number of benzene rings is 3. The number of imidazole rings is 1. The minimum absolute atomic E-state index is 0.0103. The van der Waals surface area contributed by atoms with E-state index in [0.29, 0.717) is 36.9 Å². The number of fused-ring (bicyclic) bond motifs is 1. The quantitative estimate of drug-likeness (QED) is 0.300. The van der Waals surface area contributed by atoms with Gasteiger partial charge in [-0.3, -0.25) is 4.79 Å². The van der Waals surface area contributed by atoms with Crippen LogP contribution in [-0.4, -0.2) is 29.4 Å². The highest BCUT2D eigenvalue weighted by atomic mass is 32.2. The van der Waals surface area contributed by atoms with Gasteiger partial charge in [0.05, 0.1) is 15.9 Å². The zero-order chi connectivity index (χ0) is 27.3. The van der Waals surface area contributed by atoms with Gasteiger partial charge >= 0.3 is 0 Å². The van der Waals surface area contributed by atoms with Crippen LogP contribution in [0.25, 0.3) is 11.0 Å². The first-order valence-corrected chi connectivity index (χ1v) is 14.1. The Bertz CT molecular complexity index is 1510. The van der Waals surface area contributed by atoms with Gasteiger partial charge in [0.2, 0.25) is 15.9 Å². The van der Waals surface area contributed by atoms with Crippen molar-refractivity contribution < 1.29 is 17.6 Å². The summed E-state index contributed by atoms with van der Waals surface area (Å²) in [6, 6.07) is 20.6. The van der Waals surface area contributed by atoms with E-state index in [0.717, 1.165) is 16.9 Å². The summed E-state index contributed by atoms with van der Waals surface area (Å²) in [4.78, 5) is 17.2. The van der Waals surface area contributed by atoms with Gasteiger partial charge in [-0.1, -0.05) is 42.5 Å². The van der Waals surface area contributed by atoms with E-state index in [4.69, 9.17) is 4.98 Å². The molecule has 1 heterocycles. The number of sulfonamides is 1. The molecule has 0 spiro atoms. The highest BCUT2D eigenvalue weighted by Crippen LogP contribution is 2.23. The molecule has 4 rings (SSSR count). The second-order valence-electron chi connectivity index (χ2n) is 10.4. The van der Waals surface area contributed by atoms with Crippen LogP contribution >= 0.6 is 0 Å². The summed E-state index contributed by atoms with van der Waals surface area (Å²) in [5.74, 6) is 0.406. The predicted octanol–water partition coefficient (Wildman–Crippen LogP) is 4.94. The largest absolute Gasteiger partial charge is 0.352 e. The summed E-state index contributed by atoms with van der Waals surface area (Å²) in [7, 11) is -3.81. The first-order valence-electron chi connectivity index (χ1n) is 12.6. The van der Waals surface area contributed by atoms with Crippen LogP contribution < -0.4 is 10.0 Å². The summed E-state index contributed by atoms with van der Waals surface area (Å²) in [5.41, 5.74) is 2.85. The zero-order valence-corrected chi connectivity index (χ0v) is 22.7. The third-order valence-corrected chi connectivity index (χ3v) is 7.39. The number of rotatable bonds is 10. The van der Waals surface area contributed by atoms with Gasteiger partial charge in [-0.15, -0.1) is 0 Å². The topological polar surface area (TPSA) is 93.1 Å². The Morgan fingerprint density at radius 1 is 0.974 bits per heavy atom. The van der Waals surface area contributed by atoms with E-state index in [-0.39, 0.29) is 28.7 Å². The van der Waals surface area contributed by atoms with Crippen molar-refractivity contribution >= 4 is 27.0 Å². The molecular weight excluding hydrogens is 503 g/mol. The number of hydrogen-bond donors (Lipinski definition) is 2. The Morgan fingerprint density at radius 2 is 1.68 bits per heavy atom. The maximum absolute atomic E-state index is 13.2. The molecule has 1 aromatic heterocycles. The molecule has 3 aromatic carbocycles. The first-order chi connectivity index (χ1) is 18.0. The fraction of sp³-hybridized carbons (Fsp3) is 0.310. The van der Waals surface area contributed by atoms with Gasteiger partial charge in [-0.25, -0.2) is 22.5 Å². The number of hydrogen-bond acceptors (Lipinski definition) is 4. The average Bonchev–Trinajstić information content (AvgIpc) is 3.19. The van der Waals surface area contributed by atoms with Gasteiger partial charge in [-0.05, 0) is 68.7 Å². The molecule has 0 unspecified atom stereocenters. The van der Waals surface area contributed by atoms with E-state index in [1.807, 2.05) is 51.1 Å². The molecule has 0 radical (unpaired) electrons. The van der Waals surface area contributed by atoms with E-state index in [9.17, 15) is 17.6 Å². The van der Waals surface area contributed by atoms with Crippen molar-refractivity contribution in [3.63, 3.8) is 0 Å². The number of amides is 1. The van der Waals surface area contributed by atoms with Crippen LogP contribution in [0.15, 0.2) is 77.7 Å². The van der Waals surface area contributed by atoms with Crippen LogP contribution in [0.1, 0.15) is 50.6 Å². The minimum Gasteiger partial charge on any atom is -0.352 e. The summed E-state index contributed by atoms with van der Waals surface area (Å²) in [6.45, 7) is 6.47. The predicted molar refractivity (Wildman–Crippen MR) is 147 cm³/mol. The average molecular weight is 537 g/mol. The highest BCUT2D eigenvalue weighted by Gasteiger charge is 2.19. The number of nitrogens with one attached hydrogen (secondary N) is 2. The summed E-state index contributed by atoms with van der Waals surface area (Å²) < 4.78 is 43.8. The van der Waals surface area contributed by atoms with Crippen LogP contribution in [0.5, 0.6) is 0 Å². The molecule has 0 saturated carbocycles. The van der Waals surface area contributed by atoms with Gasteiger partial charge in [-0.2, -0.15) is 0 Å². The third-order valence-electron chi connectivity index (χ3n) is 5.99. The van der Waals surface area contributed by atoms with Crippen molar-refractivity contribution in [3.05, 3.63) is 95.6 Å². The van der Waals surface area contributed by atoms with E-state index in [1.54, 1.807) is 30.3 Å². The molecular formula is C29H33FN4O3S. The lowest BCUT2D eigenvalue weighted by atomic mass is 10.1. The van der Waals surface area contributed by atoms with Crippen molar-refractivity contribution in [3.8, 4) is 0 Å². The van der Waals surface area contributed by atoms with Crippen molar-refractivity contribution in [2.24, 2.45) is 0 Å². The van der Waals surface area contributed by atoms with E-state index in [1.165, 1.54) is 12.1 Å². The Morgan fingerprint density at radius 3 is 2.37 bits per heavy atom. The molecule has 4 aromatic rings. The van der Waals surface area contributed by atoms with Crippen LogP contribution in [0, 0.1) is 5.82 Å². The van der Waals surface area contributed by atoms with Crippen LogP contribution in [-0.2, 0) is 34.3 Å². The van der Waals surface area contributed by atoms with Crippen LogP contribution in [0.2, 0.25) is 0 Å². The molecule has 0 aliphatic rings. The number of carbonyl (C=O) groups is 1. The van der Waals surface area contributed by atoms with Gasteiger partial charge in [0.15, 0.2) is 0 Å².